The molecule has 0 amide bonds. The largest absolute Gasteiger partial charge is 0.454 e. The Hall–Kier alpha value is -4.57. The Morgan fingerprint density at radius 2 is 1.45 bits per heavy atom. The smallest absolute Gasteiger partial charge is 0.232 e. The molecule has 1 aromatic heterocycles. The molecule has 0 radical (unpaired) electrons. The van der Waals surface area contributed by atoms with Gasteiger partial charge in [0.15, 0.2) is 16.6 Å². The number of para-hydroxylation sites is 1. The van der Waals surface area contributed by atoms with Crippen LogP contribution in [-0.2, 0) is 19.5 Å². The fourth-order valence-electron chi connectivity index (χ4n) is 5.70. The van der Waals surface area contributed by atoms with E-state index in [9.17, 15) is 0 Å². The van der Waals surface area contributed by atoms with E-state index in [0.29, 0.717) is 17.6 Å². The Morgan fingerprint density at radius 1 is 0.738 bits per heavy atom. The summed E-state index contributed by atoms with van der Waals surface area (Å²) in [6.45, 7) is 6.13. The highest BCUT2D eigenvalue weighted by Gasteiger charge is 2.23. The highest BCUT2D eigenvalue weighted by atomic mass is 32.1. The summed E-state index contributed by atoms with van der Waals surface area (Å²) in [5.41, 5.74) is 5.05. The van der Waals surface area contributed by atoms with Crippen molar-refractivity contribution in [1.29, 1.82) is 0 Å². The van der Waals surface area contributed by atoms with Crippen LogP contribution < -0.4 is 34.8 Å². The minimum Gasteiger partial charge on any atom is -0.454 e. The normalized spacial score (nSPS) is 15.8. The average Bonchev–Trinajstić information content (AvgIpc) is 3.52. The third-order valence-corrected chi connectivity index (χ3v) is 8.24. The molecule has 10 heteroatoms. The van der Waals surface area contributed by atoms with Gasteiger partial charge in [-0.2, -0.15) is 9.97 Å². The van der Waals surface area contributed by atoms with Gasteiger partial charge >= 0.3 is 0 Å². The lowest BCUT2D eigenvalue weighted by Gasteiger charge is -2.37. The Balaban J connectivity index is 1.08. The number of hydrogen-bond acceptors (Lipinski definition) is 8. The van der Waals surface area contributed by atoms with Crippen molar-refractivity contribution in [3.8, 4) is 11.5 Å². The van der Waals surface area contributed by atoms with Crippen molar-refractivity contribution in [2.45, 2.75) is 19.5 Å². The van der Waals surface area contributed by atoms with Gasteiger partial charge in [-0.15, -0.1) is 0 Å². The number of nitrogens with zero attached hydrogens (tertiary/aromatic N) is 5. The van der Waals surface area contributed by atoms with Crippen LogP contribution in [-0.4, -0.2) is 54.6 Å². The highest BCUT2D eigenvalue weighted by Crippen LogP contribution is 2.32. The zero-order chi connectivity index (χ0) is 28.3. The van der Waals surface area contributed by atoms with Crippen LogP contribution in [0.4, 0.5) is 23.3 Å². The summed E-state index contributed by atoms with van der Waals surface area (Å²) in [6.07, 6.45) is 0.990. The summed E-state index contributed by atoms with van der Waals surface area (Å²) in [5, 5.41) is 7.01. The Morgan fingerprint density at radius 3 is 2.29 bits per heavy atom. The van der Waals surface area contributed by atoms with Gasteiger partial charge in [-0.3, -0.25) is 0 Å². The van der Waals surface area contributed by atoms with Crippen molar-refractivity contribution in [3.63, 3.8) is 0 Å². The molecule has 214 valence electrons. The number of anilines is 4. The molecule has 0 spiro atoms. The molecule has 1 fully saturated rings. The van der Waals surface area contributed by atoms with Gasteiger partial charge in [0.1, 0.15) is 11.6 Å². The predicted molar refractivity (Wildman–Crippen MR) is 170 cm³/mol. The maximum absolute atomic E-state index is 5.66. The summed E-state index contributed by atoms with van der Waals surface area (Å²) in [7, 11) is 0. The minimum atomic E-state index is 0.256. The van der Waals surface area contributed by atoms with Crippen molar-refractivity contribution in [2.24, 2.45) is 0 Å². The van der Waals surface area contributed by atoms with E-state index < -0.39 is 0 Å². The van der Waals surface area contributed by atoms with E-state index in [1.807, 2.05) is 18.2 Å². The lowest BCUT2D eigenvalue weighted by Crippen LogP contribution is -2.47. The van der Waals surface area contributed by atoms with Crippen molar-refractivity contribution < 1.29 is 9.47 Å². The molecule has 9 nitrogen and oxygen atoms in total. The zero-order valence-corrected chi connectivity index (χ0v) is 24.1. The van der Waals surface area contributed by atoms with Gasteiger partial charge in [0, 0.05) is 57.6 Å². The van der Waals surface area contributed by atoms with E-state index >= 15 is 0 Å². The number of thiocarbonyl (C=S) groups is 1. The van der Waals surface area contributed by atoms with Gasteiger partial charge in [-0.1, -0.05) is 48.5 Å². The van der Waals surface area contributed by atoms with Crippen LogP contribution in [0.15, 0.2) is 78.9 Å². The number of ether oxygens (including phenoxy) is 2. The molecule has 42 heavy (non-hydrogen) atoms. The molecule has 4 heterocycles. The van der Waals surface area contributed by atoms with Crippen LogP contribution in [0.25, 0.3) is 0 Å². The molecule has 0 saturated carbocycles. The van der Waals surface area contributed by atoms with E-state index in [2.05, 4.69) is 86.0 Å². The van der Waals surface area contributed by atoms with Crippen LogP contribution in [0.2, 0.25) is 0 Å². The van der Waals surface area contributed by atoms with Crippen LogP contribution >= 0.6 is 12.2 Å². The number of hydrogen-bond donors (Lipinski definition) is 2. The zero-order valence-electron chi connectivity index (χ0n) is 23.3. The fourth-order valence-corrected chi connectivity index (χ4v) is 5.87. The minimum absolute atomic E-state index is 0.256. The van der Waals surface area contributed by atoms with Crippen LogP contribution in [0.1, 0.15) is 16.7 Å². The maximum Gasteiger partial charge on any atom is 0.232 e. The number of rotatable bonds is 6. The molecule has 0 atom stereocenters. The summed E-state index contributed by atoms with van der Waals surface area (Å²) >= 11 is 5.66. The SMILES string of the molecule is S=C(NCc1ccc2c(c1)OCO2)Nc1nc(N2CCN(c3ccccc3)CC2)cc(N2CCc3ccccc3C2)n1. The van der Waals surface area contributed by atoms with Gasteiger partial charge in [0.25, 0.3) is 0 Å². The molecule has 4 aromatic rings. The molecule has 3 aliphatic heterocycles. The predicted octanol–water partition coefficient (Wildman–Crippen LogP) is 4.58. The third-order valence-electron chi connectivity index (χ3n) is 7.99. The lowest BCUT2D eigenvalue weighted by atomic mass is 10.00. The van der Waals surface area contributed by atoms with Crippen LogP contribution in [0.5, 0.6) is 11.5 Å². The Kier molecular flexibility index (Phi) is 7.36. The quantitative estimate of drug-likeness (QED) is 0.317. The molecule has 0 unspecified atom stereocenters. The molecule has 3 aliphatic rings. The summed E-state index contributed by atoms with van der Waals surface area (Å²) in [5.74, 6) is 3.83. The maximum atomic E-state index is 5.66. The number of piperazine rings is 1. The van der Waals surface area contributed by atoms with Crippen LogP contribution in [0, 0.1) is 0 Å². The van der Waals surface area contributed by atoms with Crippen molar-refractivity contribution in [3.05, 3.63) is 95.6 Å². The van der Waals surface area contributed by atoms with E-state index in [1.165, 1.54) is 16.8 Å². The molecule has 0 bridgehead atoms. The van der Waals surface area contributed by atoms with Crippen molar-refractivity contribution in [2.75, 3.05) is 59.5 Å². The lowest BCUT2D eigenvalue weighted by molar-refractivity contribution is 0.174. The number of fused-ring (bicyclic) bond motifs is 2. The molecular weight excluding hydrogens is 546 g/mol. The van der Waals surface area contributed by atoms with E-state index in [-0.39, 0.29) is 6.79 Å². The molecule has 1 saturated heterocycles. The summed E-state index contributed by atoms with van der Waals surface area (Å²) < 4.78 is 10.9. The average molecular weight is 580 g/mol. The molecule has 3 aromatic carbocycles. The summed E-state index contributed by atoms with van der Waals surface area (Å²) in [6, 6.07) is 27.3. The standard InChI is InChI=1S/C32H33N7O2S/c42-32(33-20-23-10-11-27-28(18-23)41-22-40-27)36-31-34-29(38-16-14-37(15-17-38)26-8-2-1-3-9-26)19-30(35-31)39-13-12-24-6-4-5-7-25(24)21-39/h1-11,18-19H,12-17,20-22H2,(H2,33,34,35,36,42). The molecular formula is C32H33N7O2S. The molecule has 2 N–H and O–H groups in total. The fraction of sp³-hybridized carbons (Fsp3) is 0.281. The van der Waals surface area contributed by atoms with Gasteiger partial charge in [0.05, 0.1) is 0 Å². The molecule has 7 rings (SSSR count). The Bertz CT molecular complexity index is 1580. The second-order valence-corrected chi connectivity index (χ2v) is 11.1. The van der Waals surface area contributed by atoms with E-state index in [1.54, 1.807) is 0 Å². The van der Waals surface area contributed by atoms with Gasteiger partial charge in [0.2, 0.25) is 12.7 Å². The number of benzene rings is 3. The van der Waals surface area contributed by atoms with Crippen LogP contribution in [0.3, 0.4) is 0 Å². The first-order valence-corrected chi connectivity index (χ1v) is 14.8. The first-order chi connectivity index (χ1) is 20.7. The number of nitrogens with one attached hydrogen (secondary N) is 2. The van der Waals surface area contributed by atoms with Gasteiger partial charge in [-0.05, 0) is 59.6 Å². The summed E-state index contributed by atoms with van der Waals surface area (Å²) in [4.78, 5) is 17.0. The Labute approximate surface area is 251 Å². The van der Waals surface area contributed by atoms with Crippen molar-refractivity contribution >= 4 is 40.6 Å². The monoisotopic (exact) mass is 579 g/mol. The second-order valence-electron chi connectivity index (χ2n) is 10.7. The molecule has 0 aliphatic carbocycles. The highest BCUT2D eigenvalue weighted by molar-refractivity contribution is 7.80. The first-order valence-electron chi connectivity index (χ1n) is 14.4. The van der Waals surface area contributed by atoms with E-state index in [4.69, 9.17) is 31.7 Å². The van der Waals surface area contributed by atoms with E-state index in [0.717, 1.165) is 74.4 Å². The van der Waals surface area contributed by atoms with Crippen molar-refractivity contribution in [1.82, 2.24) is 15.3 Å². The number of aromatic nitrogens is 2. The third kappa shape index (κ3) is 5.75. The van der Waals surface area contributed by atoms with Gasteiger partial charge in [-0.25, -0.2) is 0 Å². The first kappa shape index (κ1) is 26.3. The second kappa shape index (κ2) is 11.7. The van der Waals surface area contributed by atoms with Gasteiger partial charge < -0.3 is 34.8 Å². The topological polar surface area (TPSA) is 78.0 Å².